The average Bonchev–Trinajstić information content (AvgIpc) is 3.08. The molecule has 0 radical (unpaired) electrons. The van der Waals surface area contributed by atoms with Gasteiger partial charge in [-0.1, -0.05) is 23.1 Å². The number of benzene rings is 1. The lowest BCUT2D eigenvalue weighted by atomic mass is 9.92. The fourth-order valence-corrected chi connectivity index (χ4v) is 2.81. The monoisotopic (exact) mass is 313 g/mol. The van der Waals surface area contributed by atoms with E-state index in [0.29, 0.717) is 12.1 Å². The molecular weight excluding hydrogens is 294 g/mol. The molecule has 2 amide bonds. The molecule has 7 heteroatoms. The van der Waals surface area contributed by atoms with Crippen LogP contribution in [-0.4, -0.2) is 44.4 Å². The molecule has 0 saturated carbocycles. The van der Waals surface area contributed by atoms with Gasteiger partial charge in [0.15, 0.2) is 0 Å². The Kier molecular flexibility index (Phi) is 4.36. The zero-order chi connectivity index (χ0) is 16.2. The summed E-state index contributed by atoms with van der Waals surface area (Å²) in [7, 11) is 0. The van der Waals surface area contributed by atoms with Gasteiger partial charge in [-0.25, -0.2) is 5.43 Å². The predicted octanol–water partition coefficient (Wildman–Crippen LogP) is 1.29. The third-order valence-electron chi connectivity index (χ3n) is 4.16. The van der Waals surface area contributed by atoms with Crippen molar-refractivity contribution >= 4 is 11.8 Å². The highest BCUT2D eigenvalue weighted by Gasteiger charge is 2.33. The number of piperidine rings is 1. The van der Waals surface area contributed by atoms with Crippen LogP contribution in [0.3, 0.4) is 0 Å². The SMILES string of the molecule is CC1CCC(C(=O)Nn2nccn2)CN1C(=O)c1ccccc1. The normalized spacial score (nSPS) is 21.0. The Balaban J connectivity index is 1.69. The molecule has 1 aromatic carbocycles. The van der Waals surface area contributed by atoms with Crippen molar-refractivity contribution in [3.05, 3.63) is 48.3 Å². The number of hydrogen-bond acceptors (Lipinski definition) is 4. The summed E-state index contributed by atoms with van der Waals surface area (Å²) in [4.78, 5) is 27.9. The van der Waals surface area contributed by atoms with Gasteiger partial charge in [-0.05, 0) is 31.9 Å². The second-order valence-corrected chi connectivity index (χ2v) is 5.74. The molecule has 1 saturated heterocycles. The topological polar surface area (TPSA) is 80.1 Å². The molecule has 0 bridgehead atoms. The summed E-state index contributed by atoms with van der Waals surface area (Å²) >= 11 is 0. The molecule has 1 fully saturated rings. The number of carbonyl (C=O) groups is 2. The predicted molar refractivity (Wildman–Crippen MR) is 84.1 cm³/mol. The third kappa shape index (κ3) is 3.39. The molecule has 0 aliphatic carbocycles. The molecule has 1 aliphatic rings. The molecule has 3 rings (SSSR count). The van der Waals surface area contributed by atoms with Gasteiger partial charge >= 0.3 is 0 Å². The number of nitrogens with one attached hydrogen (secondary N) is 1. The summed E-state index contributed by atoms with van der Waals surface area (Å²) in [5.41, 5.74) is 3.27. The van der Waals surface area contributed by atoms with Crippen LogP contribution in [0, 0.1) is 5.92 Å². The maximum Gasteiger partial charge on any atom is 0.254 e. The molecule has 2 heterocycles. The Hall–Kier alpha value is -2.70. The lowest BCUT2D eigenvalue weighted by molar-refractivity contribution is -0.122. The molecule has 1 N–H and O–H groups in total. The van der Waals surface area contributed by atoms with Crippen LogP contribution < -0.4 is 5.43 Å². The van der Waals surface area contributed by atoms with Crippen LogP contribution >= 0.6 is 0 Å². The minimum absolute atomic E-state index is 0.0344. The second kappa shape index (κ2) is 6.60. The summed E-state index contributed by atoms with van der Waals surface area (Å²) < 4.78 is 0. The Morgan fingerprint density at radius 2 is 1.83 bits per heavy atom. The zero-order valence-electron chi connectivity index (χ0n) is 12.9. The van der Waals surface area contributed by atoms with E-state index in [0.717, 1.165) is 17.7 Å². The number of rotatable bonds is 3. The molecule has 1 aromatic heterocycles. The minimum Gasteiger partial charge on any atom is -0.335 e. The molecule has 120 valence electrons. The van der Waals surface area contributed by atoms with Crippen LogP contribution in [0.2, 0.25) is 0 Å². The minimum atomic E-state index is -0.259. The highest BCUT2D eigenvalue weighted by atomic mass is 16.2. The number of aromatic nitrogens is 3. The average molecular weight is 313 g/mol. The standard InChI is InChI=1S/C16H19N5O2/c1-12-7-8-14(15(22)19-21-17-9-10-18-21)11-20(12)16(23)13-5-3-2-4-6-13/h2-6,9-10,12,14H,7-8,11H2,1H3,(H,19,22). The lowest BCUT2D eigenvalue weighted by Gasteiger charge is -2.37. The molecule has 7 nitrogen and oxygen atoms in total. The molecular formula is C16H19N5O2. The van der Waals surface area contributed by atoms with E-state index in [1.807, 2.05) is 25.1 Å². The van der Waals surface area contributed by atoms with Crippen LogP contribution in [0.15, 0.2) is 42.7 Å². The summed E-state index contributed by atoms with van der Waals surface area (Å²) in [6, 6.07) is 9.28. The number of carbonyl (C=O) groups excluding carboxylic acids is 2. The highest BCUT2D eigenvalue weighted by Crippen LogP contribution is 2.24. The van der Waals surface area contributed by atoms with Crippen molar-refractivity contribution in [1.82, 2.24) is 20.0 Å². The van der Waals surface area contributed by atoms with E-state index < -0.39 is 0 Å². The Labute approximate surface area is 134 Å². The van der Waals surface area contributed by atoms with Crippen molar-refractivity contribution in [2.24, 2.45) is 5.92 Å². The van der Waals surface area contributed by atoms with E-state index in [9.17, 15) is 9.59 Å². The van der Waals surface area contributed by atoms with Gasteiger partial charge in [-0.2, -0.15) is 0 Å². The van der Waals surface area contributed by atoms with E-state index in [1.165, 1.54) is 12.4 Å². The Morgan fingerprint density at radius 1 is 1.13 bits per heavy atom. The fourth-order valence-electron chi connectivity index (χ4n) is 2.81. The quantitative estimate of drug-likeness (QED) is 0.926. The third-order valence-corrected chi connectivity index (χ3v) is 4.16. The van der Waals surface area contributed by atoms with Gasteiger partial charge in [0.05, 0.1) is 18.3 Å². The van der Waals surface area contributed by atoms with Gasteiger partial charge in [0.1, 0.15) is 0 Å². The van der Waals surface area contributed by atoms with Gasteiger partial charge in [-0.15, -0.1) is 10.2 Å². The van der Waals surface area contributed by atoms with Gasteiger partial charge in [0, 0.05) is 18.2 Å². The van der Waals surface area contributed by atoms with Crippen LogP contribution in [-0.2, 0) is 4.79 Å². The summed E-state index contributed by atoms with van der Waals surface area (Å²) in [5, 5.41) is 7.72. The van der Waals surface area contributed by atoms with Crippen molar-refractivity contribution < 1.29 is 9.59 Å². The number of likely N-dealkylation sites (tertiary alicyclic amines) is 1. The van der Waals surface area contributed by atoms with Crippen molar-refractivity contribution in [2.75, 3.05) is 12.0 Å². The Morgan fingerprint density at radius 3 is 2.52 bits per heavy atom. The van der Waals surface area contributed by atoms with E-state index in [2.05, 4.69) is 15.6 Å². The number of hydrogen-bond donors (Lipinski definition) is 1. The Bertz CT molecular complexity index is 671. The molecule has 0 spiro atoms. The summed E-state index contributed by atoms with van der Waals surface area (Å²) in [5.74, 6) is -0.461. The maximum atomic E-state index is 12.7. The fraction of sp³-hybridized carbons (Fsp3) is 0.375. The first-order valence-corrected chi connectivity index (χ1v) is 7.68. The summed E-state index contributed by atoms with van der Waals surface area (Å²) in [6.45, 7) is 2.42. The van der Waals surface area contributed by atoms with Crippen molar-refractivity contribution in [3.63, 3.8) is 0 Å². The van der Waals surface area contributed by atoms with Crippen molar-refractivity contribution in [3.8, 4) is 0 Å². The second-order valence-electron chi connectivity index (χ2n) is 5.74. The van der Waals surface area contributed by atoms with Gasteiger partial charge in [0.2, 0.25) is 5.91 Å². The van der Waals surface area contributed by atoms with Gasteiger partial charge in [-0.3, -0.25) is 9.59 Å². The van der Waals surface area contributed by atoms with Crippen LogP contribution in [0.4, 0.5) is 0 Å². The van der Waals surface area contributed by atoms with E-state index in [4.69, 9.17) is 0 Å². The first-order chi connectivity index (χ1) is 11.1. The molecule has 2 aromatic rings. The van der Waals surface area contributed by atoms with E-state index in [1.54, 1.807) is 17.0 Å². The molecule has 23 heavy (non-hydrogen) atoms. The maximum absolute atomic E-state index is 12.7. The van der Waals surface area contributed by atoms with Crippen LogP contribution in [0.1, 0.15) is 30.1 Å². The van der Waals surface area contributed by atoms with Crippen molar-refractivity contribution in [1.29, 1.82) is 0 Å². The van der Waals surface area contributed by atoms with Crippen LogP contribution in [0.5, 0.6) is 0 Å². The zero-order valence-corrected chi connectivity index (χ0v) is 12.9. The largest absolute Gasteiger partial charge is 0.335 e. The number of nitrogens with zero attached hydrogens (tertiary/aromatic N) is 4. The van der Waals surface area contributed by atoms with Crippen LogP contribution in [0.25, 0.3) is 0 Å². The van der Waals surface area contributed by atoms with E-state index >= 15 is 0 Å². The smallest absolute Gasteiger partial charge is 0.254 e. The van der Waals surface area contributed by atoms with Gasteiger partial charge < -0.3 is 4.90 Å². The molecule has 2 atom stereocenters. The highest BCUT2D eigenvalue weighted by molar-refractivity contribution is 5.95. The molecule has 1 aliphatic heterocycles. The molecule has 2 unspecified atom stereocenters. The van der Waals surface area contributed by atoms with E-state index in [-0.39, 0.29) is 23.8 Å². The number of amides is 2. The first-order valence-electron chi connectivity index (χ1n) is 7.68. The van der Waals surface area contributed by atoms with Crippen molar-refractivity contribution in [2.45, 2.75) is 25.8 Å². The summed E-state index contributed by atoms with van der Waals surface area (Å²) in [6.07, 6.45) is 4.53. The van der Waals surface area contributed by atoms with Gasteiger partial charge in [0.25, 0.3) is 5.91 Å². The first kappa shape index (κ1) is 15.2. The lowest BCUT2D eigenvalue weighted by Crippen LogP contribution is -2.49.